The van der Waals surface area contributed by atoms with Crippen LogP contribution in [0, 0.1) is 5.41 Å². The van der Waals surface area contributed by atoms with Gasteiger partial charge in [-0.1, -0.05) is 45.0 Å². The summed E-state index contributed by atoms with van der Waals surface area (Å²) >= 11 is 0. The van der Waals surface area contributed by atoms with Crippen LogP contribution in [0.4, 0.5) is 0 Å². The van der Waals surface area contributed by atoms with E-state index in [0.717, 1.165) is 26.2 Å². The van der Waals surface area contributed by atoms with Crippen LogP contribution in [0.15, 0.2) is 24.3 Å². The maximum absolute atomic E-state index is 3.51. The third-order valence-corrected chi connectivity index (χ3v) is 4.17. The molecule has 0 aliphatic carbocycles. The highest BCUT2D eigenvalue weighted by molar-refractivity contribution is 5.30. The molecule has 2 rings (SSSR count). The molecular weight excluding hydrogens is 220 g/mol. The average molecular weight is 246 g/mol. The van der Waals surface area contributed by atoms with Crippen molar-refractivity contribution in [3.8, 4) is 0 Å². The lowest BCUT2D eigenvalue weighted by atomic mass is 9.87. The fourth-order valence-electron chi connectivity index (χ4n) is 2.77. The van der Waals surface area contributed by atoms with Crippen molar-refractivity contribution in [3.63, 3.8) is 0 Å². The predicted octanol–water partition coefficient (Wildman–Crippen LogP) is 3.03. The van der Waals surface area contributed by atoms with Gasteiger partial charge in [-0.05, 0) is 29.5 Å². The van der Waals surface area contributed by atoms with Crippen molar-refractivity contribution < 1.29 is 0 Å². The first kappa shape index (κ1) is 13.6. The molecule has 1 heterocycles. The molecule has 0 fully saturated rings. The normalized spacial score (nSPS) is 18.6. The molecule has 0 saturated carbocycles. The van der Waals surface area contributed by atoms with Gasteiger partial charge < -0.3 is 5.32 Å². The Morgan fingerprint density at radius 3 is 2.28 bits per heavy atom. The molecule has 2 heteroatoms. The Morgan fingerprint density at radius 2 is 1.78 bits per heavy atom. The summed E-state index contributed by atoms with van der Waals surface area (Å²) in [4.78, 5) is 2.59. The monoisotopic (exact) mass is 246 g/mol. The summed E-state index contributed by atoms with van der Waals surface area (Å²) in [6.45, 7) is 12.5. The Kier molecular flexibility index (Phi) is 4.41. The number of nitrogens with one attached hydrogen (secondary N) is 1. The Labute approximate surface area is 111 Å². The molecule has 1 aromatic carbocycles. The molecule has 100 valence electrons. The summed E-state index contributed by atoms with van der Waals surface area (Å²) in [6, 6.07) is 8.84. The van der Waals surface area contributed by atoms with E-state index in [1.807, 2.05) is 0 Å². The van der Waals surface area contributed by atoms with Crippen LogP contribution in [0.2, 0.25) is 0 Å². The molecule has 2 nitrogen and oxygen atoms in total. The van der Waals surface area contributed by atoms with E-state index in [9.17, 15) is 0 Å². The lowest BCUT2D eigenvalue weighted by Crippen LogP contribution is -2.40. The molecular formula is C16H26N2. The van der Waals surface area contributed by atoms with E-state index in [0.29, 0.717) is 5.41 Å². The summed E-state index contributed by atoms with van der Waals surface area (Å²) in [6.07, 6.45) is 1.23. The predicted molar refractivity (Wildman–Crippen MR) is 77.5 cm³/mol. The third-order valence-electron chi connectivity index (χ3n) is 4.17. The SMILES string of the molecule is CCNCC(C)(CC)CN1Cc2ccccc2C1. The summed E-state index contributed by atoms with van der Waals surface area (Å²) < 4.78 is 0. The summed E-state index contributed by atoms with van der Waals surface area (Å²) in [5.41, 5.74) is 3.41. The molecule has 1 aromatic rings. The Balaban J connectivity index is 1.95. The lowest BCUT2D eigenvalue weighted by Gasteiger charge is -2.33. The van der Waals surface area contributed by atoms with E-state index in [4.69, 9.17) is 0 Å². The van der Waals surface area contributed by atoms with Gasteiger partial charge in [-0.15, -0.1) is 0 Å². The molecule has 0 bridgehead atoms. The molecule has 0 aromatic heterocycles. The summed E-state index contributed by atoms with van der Waals surface area (Å²) in [5, 5.41) is 3.51. The number of hydrogen-bond acceptors (Lipinski definition) is 2. The molecule has 1 unspecified atom stereocenters. The van der Waals surface area contributed by atoms with Crippen molar-refractivity contribution >= 4 is 0 Å². The van der Waals surface area contributed by atoms with Gasteiger partial charge in [-0.2, -0.15) is 0 Å². The fraction of sp³-hybridized carbons (Fsp3) is 0.625. The Hall–Kier alpha value is -0.860. The van der Waals surface area contributed by atoms with Gasteiger partial charge >= 0.3 is 0 Å². The highest BCUT2D eigenvalue weighted by atomic mass is 15.1. The van der Waals surface area contributed by atoms with Gasteiger partial charge in [0, 0.05) is 26.2 Å². The summed E-state index contributed by atoms with van der Waals surface area (Å²) in [7, 11) is 0. The first-order valence-electron chi connectivity index (χ1n) is 7.17. The molecule has 0 amide bonds. The van der Waals surface area contributed by atoms with Gasteiger partial charge in [0.05, 0.1) is 0 Å². The van der Waals surface area contributed by atoms with Crippen molar-refractivity contribution in [2.24, 2.45) is 5.41 Å². The molecule has 1 N–H and O–H groups in total. The van der Waals surface area contributed by atoms with Gasteiger partial charge in [0.25, 0.3) is 0 Å². The van der Waals surface area contributed by atoms with Gasteiger partial charge in [-0.25, -0.2) is 0 Å². The smallest absolute Gasteiger partial charge is 0.0240 e. The number of fused-ring (bicyclic) bond motifs is 1. The van der Waals surface area contributed by atoms with E-state index >= 15 is 0 Å². The lowest BCUT2D eigenvalue weighted by molar-refractivity contribution is 0.156. The standard InChI is InChI=1S/C16H26N2/c1-4-16(3,12-17-5-2)13-18-10-14-8-6-7-9-15(14)11-18/h6-9,17H,4-5,10-13H2,1-3H3. The van der Waals surface area contributed by atoms with Crippen molar-refractivity contribution in [2.45, 2.75) is 40.3 Å². The van der Waals surface area contributed by atoms with Crippen LogP contribution in [0.1, 0.15) is 38.3 Å². The second kappa shape index (κ2) is 5.85. The van der Waals surface area contributed by atoms with Crippen molar-refractivity contribution in [3.05, 3.63) is 35.4 Å². The molecule has 0 spiro atoms. The van der Waals surface area contributed by atoms with Crippen LogP contribution >= 0.6 is 0 Å². The zero-order valence-electron chi connectivity index (χ0n) is 12.0. The molecule has 1 aliphatic rings. The topological polar surface area (TPSA) is 15.3 Å². The van der Waals surface area contributed by atoms with E-state index < -0.39 is 0 Å². The molecule has 0 saturated heterocycles. The number of hydrogen-bond donors (Lipinski definition) is 1. The first-order chi connectivity index (χ1) is 8.67. The average Bonchev–Trinajstić information content (AvgIpc) is 2.78. The fourth-order valence-corrected chi connectivity index (χ4v) is 2.77. The van der Waals surface area contributed by atoms with Gasteiger partial charge in [-0.3, -0.25) is 4.90 Å². The second-order valence-electron chi connectivity index (χ2n) is 5.86. The first-order valence-corrected chi connectivity index (χ1v) is 7.17. The number of rotatable bonds is 6. The third kappa shape index (κ3) is 3.12. The quantitative estimate of drug-likeness (QED) is 0.830. The molecule has 18 heavy (non-hydrogen) atoms. The number of nitrogens with zero attached hydrogens (tertiary/aromatic N) is 1. The highest BCUT2D eigenvalue weighted by Crippen LogP contribution is 2.28. The van der Waals surface area contributed by atoms with E-state index in [2.05, 4.69) is 55.3 Å². The van der Waals surface area contributed by atoms with E-state index in [1.54, 1.807) is 0 Å². The van der Waals surface area contributed by atoms with Crippen LogP contribution in [-0.4, -0.2) is 24.5 Å². The van der Waals surface area contributed by atoms with Crippen molar-refractivity contribution in [1.82, 2.24) is 10.2 Å². The van der Waals surface area contributed by atoms with Crippen molar-refractivity contribution in [1.29, 1.82) is 0 Å². The highest BCUT2D eigenvalue weighted by Gasteiger charge is 2.28. The number of benzene rings is 1. The molecule has 1 aliphatic heterocycles. The van der Waals surface area contributed by atoms with Crippen LogP contribution in [-0.2, 0) is 13.1 Å². The molecule has 1 atom stereocenters. The van der Waals surface area contributed by atoms with Gasteiger partial charge in [0.1, 0.15) is 0 Å². The van der Waals surface area contributed by atoms with Crippen molar-refractivity contribution in [2.75, 3.05) is 19.6 Å². The van der Waals surface area contributed by atoms with Crippen LogP contribution in [0.3, 0.4) is 0 Å². The van der Waals surface area contributed by atoms with Crippen LogP contribution < -0.4 is 5.32 Å². The summed E-state index contributed by atoms with van der Waals surface area (Å²) in [5.74, 6) is 0. The van der Waals surface area contributed by atoms with Gasteiger partial charge in [0.2, 0.25) is 0 Å². The van der Waals surface area contributed by atoms with E-state index in [1.165, 1.54) is 24.1 Å². The zero-order valence-corrected chi connectivity index (χ0v) is 12.0. The van der Waals surface area contributed by atoms with Crippen LogP contribution in [0.25, 0.3) is 0 Å². The largest absolute Gasteiger partial charge is 0.316 e. The zero-order chi connectivity index (χ0) is 13.0. The Bertz CT molecular complexity index is 363. The van der Waals surface area contributed by atoms with E-state index in [-0.39, 0.29) is 0 Å². The minimum absolute atomic E-state index is 0.387. The maximum atomic E-state index is 3.51. The Morgan fingerprint density at radius 1 is 1.17 bits per heavy atom. The van der Waals surface area contributed by atoms with Crippen LogP contribution in [0.5, 0.6) is 0 Å². The van der Waals surface area contributed by atoms with Gasteiger partial charge in [0.15, 0.2) is 0 Å². The second-order valence-corrected chi connectivity index (χ2v) is 5.86. The minimum Gasteiger partial charge on any atom is -0.316 e. The maximum Gasteiger partial charge on any atom is 0.0240 e. The minimum atomic E-state index is 0.387. The molecule has 0 radical (unpaired) electrons.